The molecule has 0 radical (unpaired) electrons. The lowest BCUT2D eigenvalue weighted by atomic mass is 9.95. The van der Waals surface area contributed by atoms with Gasteiger partial charge in [-0.15, -0.1) is 0 Å². The van der Waals surface area contributed by atoms with E-state index >= 15 is 0 Å². The van der Waals surface area contributed by atoms with Gasteiger partial charge in [0.05, 0.1) is 22.7 Å². The predicted molar refractivity (Wildman–Crippen MR) is 69.8 cm³/mol. The molecule has 1 N–H and O–H groups in total. The standard InChI is InChI=1S/C13H15N3O3/c1-9-4-5-15(8-13(9)17)12-6-10(7-14)2-3-11(12)16(18)19/h2-3,6,9,13,17H,4-5,8H2,1H3. The van der Waals surface area contributed by atoms with Gasteiger partial charge in [-0.1, -0.05) is 6.92 Å². The third kappa shape index (κ3) is 2.66. The average molecular weight is 261 g/mol. The van der Waals surface area contributed by atoms with E-state index in [-0.39, 0.29) is 11.6 Å². The maximum Gasteiger partial charge on any atom is 0.292 e. The Morgan fingerprint density at radius 1 is 1.58 bits per heavy atom. The Balaban J connectivity index is 2.37. The molecule has 0 amide bonds. The minimum atomic E-state index is -0.501. The van der Waals surface area contributed by atoms with Crippen LogP contribution in [0, 0.1) is 27.4 Å². The van der Waals surface area contributed by atoms with Gasteiger partial charge in [-0.2, -0.15) is 5.26 Å². The fraction of sp³-hybridized carbons (Fsp3) is 0.462. The van der Waals surface area contributed by atoms with E-state index < -0.39 is 11.0 Å². The average Bonchev–Trinajstić information content (AvgIpc) is 2.41. The van der Waals surface area contributed by atoms with E-state index in [9.17, 15) is 15.2 Å². The van der Waals surface area contributed by atoms with Gasteiger partial charge in [-0.05, 0) is 24.5 Å². The third-order valence-corrected chi connectivity index (χ3v) is 3.56. The molecule has 0 aromatic heterocycles. The molecule has 2 atom stereocenters. The highest BCUT2D eigenvalue weighted by molar-refractivity contribution is 5.66. The highest BCUT2D eigenvalue weighted by Crippen LogP contribution is 2.32. The zero-order valence-electron chi connectivity index (χ0n) is 10.6. The first-order chi connectivity index (χ1) is 9.02. The number of piperidine rings is 1. The summed E-state index contributed by atoms with van der Waals surface area (Å²) in [5.41, 5.74) is 0.768. The van der Waals surface area contributed by atoms with Crippen LogP contribution in [0.4, 0.5) is 11.4 Å². The Morgan fingerprint density at radius 3 is 2.89 bits per heavy atom. The number of benzene rings is 1. The molecule has 1 saturated heterocycles. The molecular formula is C13H15N3O3. The van der Waals surface area contributed by atoms with Crippen LogP contribution >= 0.6 is 0 Å². The van der Waals surface area contributed by atoms with E-state index in [2.05, 4.69) is 0 Å². The number of nitro groups is 1. The van der Waals surface area contributed by atoms with Crippen molar-refractivity contribution >= 4 is 11.4 Å². The molecule has 0 spiro atoms. The Labute approximate surface area is 111 Å². The molecule has 6 heteroatoms. The smallest absolute Gasteiger partial charge is 0.292 e. The van der Waals surface area contributed by atoms with Gasteiger partial charge in [-0.25, -0.2) is 0 Å². The number of aliphatic hydroxyl groups is 1. The molecule has 0 aliphatic carbocycles. The molecule has 1 fully saturated rings. The van der Waals surface area contributed by atoms with Gasteiger partial charge in [0.1, 0.15) is 5.69 Å². The van der Waals surface area contributed by atoms with E-state index in [4.69, 9.17) is 5.26 Å². The minimum absolute atomic E-state index is 0.0271. The van der Waals surface area contributed by atoms with Crippen molar-refractivity contribution < 1.29 is 10.0 Å². The summed E-state index contributed by atoms with van der Waals surface area (Å²) in [6.07, 6.45) is 0.272. The van der Waals surface area contributed by atoms with Crippen LogP contribution in [-0.4, -0.2) is 29.2 Å². The number of nitriles is 1. The molecule has 100 valence electrons. The normalized spacial score (nSPS) is 22.9. The molecule has 0 saturated carbocycles. The topological polar surface area (TPSA) is 90.4 Å². The minimum Gasteiger partial charge on any atom is -0.391 e. The van der Waals surface area contributed by atoms with Crippen molar-refractivity contribution in [3.63, 3.8) is 0 Å². The van der Waals surface area contributed by atoms with E-state index in [1.54, 1.807) is 4.90 Å². The Hall–Kier alpha value is -2.13. The second-order valence-corrected chi connectivity index (χ2v) is 4.85. The predicted octanol–water partition coefficient (Wildman–Crippen LogP) is 1.67. The van der Waals surface area contributed by atoms with E-state index in [0.717, 1.165) is 6.42 Å². The maximum absolute atomic E-state index is 11.0. The Kier molecular flexibility index (Phi) is 3.67. The highest BCUT2D eigenvalue weighted by atomic mass is 16.6. The van der Waals surface area contributed by atoms with Crippen LogP contribution in [-0.2, 0) is 0 Å². The highest BCUT2D eigenvalue weighted by Gasteiger charge is 2.28. The fourth-order valence-electron chi connectivity index (χ4n) is 2.27. The lowest BCUT2D eigenvalue weighted by Crippen LogP contribution is -2.43. The number of rotatable bonds is 2. The summed E-state index contributed by atoms with van der Waals surface area (Å²) in [5.74, 6) is 0.189. The fourth-order valence-corrected chi connectivity index (χ4v) is 2.27. The summed E-state index contributed by atoms with van der Waals surface area (Å²) in [4.78, 5) is 12.4. The lowest BCUT2D eigenvalue weighted by Gasteiger charge is -2.35. The summed E-state index contributed by atoms with van der Waals surface area (Å²) in [6.45, 7) is 2.97. The molecule has 6 nitrogen and oxygen atoms in total. The van der Waals surface area contributed by atoms with Gasteiger partial charge in [0.2, 0.25) is 0 Å². The maximum atomic E-state index is 11.0. The molecule has 1 aromatic rings. The van der Waals surface area contributed by atoms with Crippen molar-refractivity contribution in [2.75, 3.05) is 18.0 Å². The molecule has 2 rings (SSSR count). The molecule has 2 unspecified atom stereocenters. The van der Waals surface area contributed by atoms with Crippen LogP contribution in [0.2, 0.25) is 0 Å². The van der Waals surface area contributed by atoms with Crippen LogP contribution in [0.3, 0.4) is 0 Å². The first kappa shape index (κ1) is 13.3. The Bertz CT molecular complexity index is 538. The number of hydrogen-bond acceptors (Lipinski definition) is 5. The molecule has 1 aliphatic rings. The van der Waals surface area contributed by atoms with Crippen LogP contribution in [0.5, 0.6) is 0 Å². The van der Waals surface area contributed by atoms with Gasteiger partial charge < -0.3 is 10.0 Å². The number of hydrogen-bond donors (Lipinski definition) is 1. The lowest BCUT2D eigenvalue weighted by molar-refractivity contribution is -0.384. The van der Waals surface area contributed by atoms with E-state index in [1.807, 2.05) is 13.0 Å². The van der Waals surface area contributed by atoms with Crippen LogP contribution in [0.25, 0.3) is 0 Å². The largest absolute Gasteiger partial charge is 0.391 e. The third-order valence-electron chi connectivity index (χ3n) is 3.56. The first-order valence-corrected chi connectivity index (χ1v) is 6.14. The molecule has 1 aromatic carbocycles. The molecule has 1 aliphatic heterocycles. The van der Waals surface area contributed by atoms with Gasteiger partial charge in [0.15, 0.2) is 0 Å². The van der Waals surface area contributed by atoms with Crippen molar-refractivity contribution in [1.29, 1.82) is 5.26 Å². The summed E-state index contributed by atoms with van der Waals surface area (Å²) < 4.78 is 0. The number of aliphatic hydroxyl groups excluding tert-OH is 1. The van der Waals surface area contributed by atoms with Crippen molar-refractivity contribution in [3.8, 4) is 6.07 Å². The number of nitrogens with zero attached hydrogens (tertiary/aromatic N) is 3. The Morgan fingerprint density at radius 2 is 2.32 bits per heavy atom. The quantitative estimate of drug-likeness (QED) is 0.646. The molecule has 1 heterocycles. The zero-order chi connectivity index (χ0) is 14.0. The SMILES string of the molecule is CC1CCN(c2cc(C#N)ccc2[N+](=O)[O-])CC1O. The zero-order valence-corrected chi connectivity index (χ0v) is 10.6. The van der Waals surface area contributed by atoms with Gasteiger partial charge >= 0.3 is 0 Å². The van der Waals surface area contributed by atoms with Crippen LogP contribution in [0.15, 0.2) is 18.2 Å². The summed E-state index contributed by atoms with van der Waals surface area (Å²) >= 11 is 0. The van der Waals surface area contributed by atoms with E-state index in [0.29, 0.717) is 24.3 Å². The van der Waals surface area contributed by atoms with Crippen LogP contribution in [0.1, 0.15) is 18.9 Å². The van der Waals surface area contributed by atoms with Gasteiger partial charge in [-0.3, -0.25) is 10.1 Å². The van der Waals surface area contributed by atoms with Crippen molar-refractivity contribution in [2.45, 2.75) is 19.4 Å². The van der Waals surface area contributed by atoms with Crippen molar-refractivity contribution in [2.24, 2.45) is 5.92 Å². The van der Waals surface area contributed by atoms with Gasteiger partial charge in [0, 0.05) is 19.2 Å². The molecule has 19 heavy (non-hydrogen) atoms. The second kappa shape index (κ2) is 5.24. The molecule has 0 bridgehead atoms. The summed E-state index contributed by atoms with van der Waals surface area (Å²) in [7, 11) is 0. The first-order valence-electron chi connectivity index (χ1n) is 6.14. The number of anilines is 1. The van der Waals surface area contributed by atoms with Crippen molar-refractivity contribution in [3.05, 3.63) is 33.9 Å². The monoisotopic (exact) mass is 261 g/mol. The van der Waals surface area contributed by atoms with E-state index in [1.165, 1.54) is 18.2 Å². The number of nitro benzene ring substituents is 1. The van der Waals surface area contributed by atoms with Gasteiger partial charge in [0.25, 0.3) is 5.69 Å². The summed E-state index contributed by atoms with van der Waals surface area (Å²) in [5, 5.41) is 29.8. The number of β-amino-alcohol motifs (C(OH)–C–C–N with tert-alkyl or cyclic N) is 1. The molecular weight excluding hydrogens is 246 g/mol. The van der Waals surface area contributed by atoms with Crippen molar-refractivity contribution in [1.82, 2.24) is 0 Å². The second-order valence-electron chi connectivity index (χ2n) is 4.85. The summed E-state index contributed by atoms with van der Waals surface area (Å²) in [6, 6.07) is 6.28. The van der Waals surface area contributed by atoms with Crippen LogP contribution < -0.4 is 4.90 Å².